The fourth-order valence-electron chi connectivity index (χ4n) is 3.81. The minimum absolute atomic E-state index is 0.130. The number of rotatable bonds is 9. The smallest absolute Gasteiger partial charge is 0.342 e. The minimum atomic E-state index is -4.49. The van der Waals surface area contributed by atoms with Crippen LogP contribution in [0.1, 0.15) is 28.4 Å². The molecule has 1 amide bonds. The Balaban J connectivity index is 1.86. The van der Waals surface area contributed by atoms with Crippen molar-refractivity contribution in [1.82, 2.24) is 4.90 Å². The molecule has 35 heavy (non-hydrogen) atoms. The Hall–Kier alpha value is -3.29. The maximum Gasteiger partial charge on any atom is 0.342 e. The number of carbonyl (C=O) groups excluding carboxylic acids is 1. The maximum absolute atomic E-state index is 13.3. The average molecular weight is 497 g/mol. The lowest BCUT2D eigenvalue weighted by atomic mass is 9.99. The molecule has 3 aromatic rings. The molecule has 0 aromatic heterocycles. The highest BCUT2D eigenvalue weighted by Crippen LogP contribution is 2.43. The maximum atomic E-state index is 13.3. The summed E-state index contributed by atoms with van der Waals surface area (Å²) >= 11 is 0. The third-order valence-electron chi connectivity index (χ3n) is 6.08. The van der Waals surface area contributed by atoms with E-state index >= 15 is 0 Å². The predicted octanol–water partition coefficient (Wildman–Crippen LogP) is 4.37. The second kappa shape index (κ2) is 11.0. The second-order valence-electron chi connectivity index (χ2n) is 8.49. The summed E-state index contributed by atoms with van der Waals surface area (Å²) in [6, 6.07) is 21.1. The third-order valence-corrected chi connectivity index (χ3v) is 7.42. The normalized spacial score (nSPS) is 13.3. The third kappa shape index (κ3) is 6.65. The number of carbonyl (C=O) groups is 2. The van der Waals surface area contributed by atoms with Gasteiger partial charge < -0.3 is 20.2 Å². The molecule has 3 aromatic carbocycles. The van der Waals surface area contributed by atoms with Crippen molar-refractivity contribution >= 4 is 25.2 Å². The van der Waals surface area contributed by atoms with Crippen LogP contribution in [0.15, 0.2) is 72.8 Å². The molecular formula is C26H29N2O6P. The number of carboxylic acids is 1. The lowest BCUT2D eigenvalue weighted by Gasteiger charge is -2.32. The van der Waals surface area contributed by atoms with Crippen LogP contribution in [0.5, 0.6) is 0 Å². The van der Waals surface area contributed by atoms with Crippen molar-refractivity contribution in [3.8, 4) is 11.1 Å². The molecule has 9 heteroatoms. The van der Waals surface area contributed by atoms with E-state index < -0.39 is 31.3 Å². The zero-order valence-corrected chi connectivity index (χ0v) is 20.6. The number of hydrogen-bond donors (Lipinski definition) is 4. The van der Waals surface area contributed by atoms with Gasteiger partial charge in [0.1, 0.15) is 5.78 Å². The molecule has 0 radical (unpaired) electrons. The van der Waals surface area contributed by atoms with E-state index in [-0.39, 0.29) is 12.0 Å². The van der Waals surface area contributed by atoms with E-state index in [0.717, 1.165) is 16.7 Å². The van der Waals surface area contributed by atoms with Crippen LogP contribution >= 0.6 is 7.60 Å². The summed E-state index contributed by atoms with van der Waals surface area (Å²) in [5.41, 5.74) is 3.92. The van der Waals surface area contributed by atoms with Gasteiger partial charge in [-0.2, -0.15) is 0 Å². The molecule has 8 nitrogen and oxygen atoms in total. The second-order valence-corrected chi connectivity index (χ2v) is 10.4. The van der Waals surface area contributed by atoms with E-state index in [1.54, 1.807) is 13.0 Å². The first kappa shape index (κ1) is 26.3. The highest BCUT2D eigenvalue weighted by molar-refractivity contribution is 7.52. The topological polar surface area (TPSA) is 127 Å². The van der Waals surface area contributed by atoms with Crippen molar-refractivity contribution in [2.75, 3.05) is 12.4 Å². The van der Waals surface area contributed by atoms with Crippen molar-refractivity contribution in [1.29, 1.82) is 0 Å². The Morgan fingerprint density at radius 3 is 2.11 bits per heavy atom. The van der Waals surface area contributed by atoms with Crippen LogP contribution < -0.4 is 5.32 Å². The fourth-order valence-corrected chi connectivity index (χ4v) is 4.45. The molecule has 0 spiro atoms. The van der Waals surface area contributed by atoms with Crippen LogP contribution in [-0.2, 0) is 15.8 Å². The Bertz CT molecular complexity index is 1240. The Morgan fingerprint density at radius 1 is 0.971 bits per heavy atom. The summed E-state index contributed by atoms with van der Waals surface area (Å²) < 4.78 is 11.9. The van der Waals surface area contributed by atoms with Gasteiger partial charge in [0.2, 0.25) is 5.91 Å². The Labute approximate surface area is 204 Å². The van der Waals surface area contributed by atoms with Gasteiger partial charge in [0.05, 0.1) is 11.6 Å². The molecule has 0 heterocycles. The number of hydrogen-bond acceptors (Lipinski definition) is 4. The largest absolute Gasteiger partial charge is 0.478 e. The summed E-state index contributed by atoms with van der Waals surface area (Å²) in [6.45, 7) is 3.01. The van der Waals surface area contributed by atoms with Gasteiger partial charge in [0.15, 0.2) is 0 Å². The summed E-state index contributed by atoms with van der Waals surface area (Å²) in [5.74, 6) is -2.70. The molecule has 0 aliphatic carbocycles. The molecule has 0 fully saturated rings. The monoisotopic (exact) mass is 496 g/mol. The SMILES string of the molecule is Cc1cc(NC(=O)[C@H](Cc2ccc(-c3ccccc3)cc2)N(C)C(C)P(=O)(O)O)ccc1C(=O)O. The summed E-state index contributed by atoms with van der Waals surface area (Å²) in [6.07, 6.45) is 0.216. The van der Waals surface area contributed by atoms with Gasteiger partial charge in [-0.3, -0.25) is 14.3 Å². The van der Waals surface area contributed by atoms with Crippen molar-refractivity contribution < 1.29 is 29.0 Å². The zero-order chi connectivity index (χ0) is 25.8. The average Bonchev–Trinajstić information content (AvgIpc) is 2.81. The molecule has 1 unspecified atom stereocenters. The standard InChI is InChI=1S/C26H29N2O6P/c1-17-15-22(13-14-23(17)26(30)31)27-25(29)24(28(3)18(2)35(32,33)34)16-19-9-11-21(12-10-19)20-7-5-4-6-8-20/h4-15,18,24H,16H2,1-3H3,(H,27,29)(H,30,31)(H2,32,33,34)/t18?,24-/m0/s1. The summed E-state index contributed by atoms with van der Waals surface area (Å²) in [4.78, 5) is 45.3. The molecule has 4 N–H and O–H groups in total. The van der Waals surface area contributed by atoms with Gasteiger partial charge in [0.25, 0.3) is 0 Å². The van der Waals surface area contributed by atoms with Crippen LogP contribution in [0, 0.1) is 6.92 Å². The quantitative estimate of drug-likeness (QED) is 0.324. The van der Waals surface area contributed by atoms with Crippen molar-refractivity contribution in [2.24, 2.45) is 0 Å². The fraction of sp³-hybridized carbons (Fsp3) is 0.231. The highest BCUT2D eigenvalue weighted by atomic mass is 31.2. The van der Waals surface area contributed by atoms with Crippen molar-refractivity contribution in [2.45, 2.75) is 32.1 Å². The number of anilines is 1. The number of carboxylic acid groups (broad SMARTS) is 1. The summed E-state index contributed by atoms with van der Waals surface area (Å²) in [7, 11) is -2.98. The first-order chi connectivity index (χ1) is 16.5. The van der Waals surface area contributed by atoms with Crippen molar-refractivity contribution in [3.05, 3.63) is 89.5 Å². The first-order valence-corrected chi connectivity index (χ1v) is 12.7. The van der Waals surface area contributed by atoms with E-state index in [1.807, 2.05) is 54.6 Å². The summed E-state index contributed by atoms with van der Waals surface area (Å²) in [5, 5.41) is 12.0. The zero-order valence-electron chi connectivity index (χ0n) is 19.8. The molecule has 0 bridgehead atoms. The number of aryl methyl sites for hydroxylation is 1. The lowest BCUT2D eigenvalue weighted by Crippen LogP contribution is -2.47. The number of likely N-dealkylation sites (N-methyl/N-ethyl adjacent to an activating group) is 1. The van der Waals surface area contributed by atoms with Gasteiger partial charge in [0, 0.05) is 5.69 Å². The van der Waals surface area contributed by atoms with E-state index in [0.29, 0.717) is 11.3 Å². The van der Waals surface area contributed by atoms with Gasteiger partial charge >= 0.3 is 13.6 Å². The molecule has 0 aliphatic heterocycles. The van der Waals surface area contributed by atoms with Crippen LogP contribution in [-0.4, -0.2) is 50.5 Å². The van der Waals surface area contributed by atoms with Gasteiger partial charge in [-0.25, -0.2) is 4.79 Å². The molecule has 3 rings (SSSR count). The molecule has 0 saturated heterocycles. The van der Waals surface area contributed by atoms with E-state index in [4.69, 9.17) is 0 Å². The van der Waals surface area contributed by atoms with Crippen LogP contribution in [0.25, 0.3) is 11.1 Å². The number of benzene rings is 3. The lowest BCUT2D eigenvalue weighted by molar-refractivity contribution is -0.121. The number of aromatic carboxylic acids is 1. The number of nitrogens with zero attached hydrogens (tertiary/aromatic N) is 1. The van der Waals surface area contributed by atoms with Crippen LogP contribution in [0.4, 0.5) is 5.69 Å². The molecule has 0 saturated carbocycles. The molecule has 0 aliphatic rings. The highest BCUT2D eigenvalue weighted by Gasteiger charge is 2.35. The first-order valence-electron chi connectivity index (χ1n) is 11.0. The molecule has 2 atom stereocenters. The molecular weight excluding hydrogens is 467 g/mol. The number of amides is 1. The Kier molecular flexibility index (Phi) is 8.25. The van der Waals surface area contributed by atoms with Gasteiger partial charge in [-0.1, -0.05) is 54.6 Å². The van der Waals surface area contributed by atoms with Crippen LogP contribution in [0.2, 0.25) is 0 Å². The van der Waals surface area contributed by atoms with Gasteiger partial charge in [-0.15, -0.1) is 0 Å². The van der Waals surface area contributed by atoms with Gasteiger partial charge in [-0.05, 0) is 67.8 Å². The van der Waals surface area contributed by atoms with E-state index in [9.17, 15) is 29.0 Å². The van der Waals surface area contributed by atoms with Crippen molar-refractivity contribution in [3.63, 3.8) is 0 Å². The number of nitrogens with one attached hydrogen (secondary N) is 1. The molecule has 184 valence electrons. The Morgan fingerprint density at radius 2 is 1.57 bits per heavy atom. The van der Waals surface area contributed by atoms with Crippen LogP contribution in [0.3, 0.4) is 0 Å². The minimum Gasteiger partial charge on any atom is -0.478 e. The van der Waals surface area contributed by atoms with E-state index in [1.165, 1.54) is 31.0 Å². The predicted molar refractivity (Wildman–Crippen MR) is 135 cm³/mol. The van der Waals surface area contributed by atoms with E-state index in [2.05, 4.69) is 5.32 Å².